The van der Waals surface area contributed by atoms with E-state index in [1.807, 2.05) is 5.38 Å². The van der Waals surface area contributed by atoms with Crippen molar-refractivity contribution >= 4 is 22.2 Å². The monoisotopic (exact) mass is 369 g/mol. The van der Waals surface area contributed by atoms with Crippen LogP contribution in [-0.4, -0.2) is 33.4 Å². The molecule has 1 saturated heterocycles. The summed E-state index contributed by atoms with van der Waals surface area (Å²) in [5, 5.41) is 14.4. The first-order valence-corrected chi connectivity index (χ1v) is 10.1. The van der Waals surface area contributed by atoms with Crippen LogP contribution in [0.25, 0.3) is 0 Å². The fraction of sp³-hybridized carbons (Fsp3) is 0.526. The molecule has 3 heterocycles. The van der Waals surface area contributed by atoms with Crippen LogP contribution in [0.1, 0.15) is 54.5 Å². The van der Waals surface area contributed by atoms with E-state index in [2.05, 4.69) is 27.9 Å². The summed E-state index contributed by atoms with van der Waals surface area (Å²) in [4.78, 5) is 19.7. The largest absolute Gasteiger partial charge is 0.334 e. The number of imidazole rings is 1. The Labute approximate surface area is 157 Å². The van der Waals surface area contributed by atoms with Crippen LogP contribution >= 0.6 is 11.3 Å². The molecular weight excluding hydrogens is 346 g/mol. The average molecular weight is 369 g/mol. The van der Waals surface area contributed by atoms with Crippen LogP contribution in [0.3, 0.4) is 0 Å². The zero-order chi connectivity index (χ0) is 18.1. The first-order valence-electron chi connectivity index (χ1n) is 9.23. The molecule has 4 rings (SSSR count). The van der Waals surface area contributed by atoms with Gasteiger partial charge < -0.3 is 9.88 Å². The molecule has 6 nitrogen and oxygen atoms in total. The molecular formula is C19H23N5OS. The van der Waals surface area contributed by atoms with Gasteiger partial charge in [0.1, 0.15) is 16.9 Å². The lowest BCUT2D eigenvalue weighted by molar-refractivity contribution is -0.117. The van der Waals surface area contributed by atoms with Gasteiger partial charge in [-0.05, 0) is 56.5 Å². The van der Waals surface area contributed by atoms with Crippen molar-refractivity contribution in [3.8, 4) is 6.07 Å². The molecule has 1 N–H and O–H groups in total. The summed E-state index contributed by atoms with van der Waals surface area (Å²) in [6, 6.07) is 4.05. The van der Waals surface area contributed by atoms with E-state index >= 15 is 0 Å². The lowest BCUT2D eigenvalue weighted by Crippen LogP contribution is -2.33. The van der Waals surface area contributed by atoms with E-state index in [1.54, 1.807) is 6.07 Å². The van der Waals surface area contributed by atoms with Crippen LogP contribution in [0.15, 0.2) is 11.4 Å². The number of carbonyl (C=O) groups is 1. The quantitative estimate of drug-likeness (QED) is 0.899. The average Bonchev–Trinajstić information content (AvgIpc) is 3.35. The second-order valence-electron chi connectivity index (χ2n) is 7.08. The molecule has 1 amide bonds. The van der Waals surface area contributed by atoms with Crippen molar-refractivity contribution in [2.75, 3.05) is 18.4 Å². The highest BCUT2D eigenvalue weighted by atomic mass is 32.1. The maximum Gasteiger partial charge on any atom is 0.239 e. The van der Waals surface area contributed by atoms with Gasteiger partial charge in [-0.25, -0.2) is 4.98 Å². The van der Waals surface area contributed by atoms with E-state index in [9.17, 15) is 4.79 Å². The van der Waals surface area contributed by atoms with E-state index in [4.69, 9.17) is 10.2 Å². The van der Waals surface area contributed by atoms with Crippen LogP contribution in [-0.2, 0) is 24.7 Å². The Kier molecular flexibility index (Phi) is 4.79. The third-order valence-corrected chi connectivity index (χ3v) is 6.29. The number of aromatic nitrogens is 2. The van der Waals surface area contributed by atoms with Crippen molar-refractivity contribution in [2.24, 2.45) is 7.05 Å². The molecule has 2 aliphatic rings. The number of carbonyl (C=O) groups excluding carboxylic acids is 1. The summed E-state index contributed by atoms with van der Waals surface area (Å²) < 4.78 is 2.27. The van der Waals surface area contributed by atoms with Gasteiger partial charge in [-0.1, -0.05) is 0 Å². The number of likely N-dealkylation sites (tertiary alicyclic amines) is 1. The normalized spacial score (nSPS) is 19.9. The molecule has 1 atom stereocenters. The van der Waals surface area contributed by atoms with E-state index in [-0.39, 0.29) is 11.9 Å². The molecule has 1 unspecified atom stereocenters. The number of fused-ring (bicyclic) bond motifs is 1. The number of aryl methyl sites for hydroxylation is 1. The van der Waals surface area contributed by atoms with Crippen molar-refractivity contribution in [1.82, 2.24) is 14.5 Å². The van der Waals surface area contributed by atoms with E-state index in [0.29, 0.717) is 17.1 Å². The van der Waals surface area contributed by atoms with Gasteiger partial charge in [0.15, 0.2) is 0 Å². The Morgan fingerprint density at radius 2 is 2.27 bits per heavy atom. The van der Waals surface area contributed by atoms with Crippen LogP contribution in [0.4, 0.5) is 5.00 Å². The van der Waals surface area contributed by atoms with Crippen LogP contribution in [0.2, 0.25) is 0 Å². The molecule has 2 aromatic heterocycles. The molecule has 0 aromatic carbocycles. The number of rotatable bonds is 4. The molecule has 1 fully saturated rings. The molecule has 1 aliphatic heterocycles. The summed E-state index contributed by atoms with van der Waals surface area (Å²) in [7, 11) is 2.12. The molecule has 7 heteroatoms. The van der Waals surface area contributed by atoms with Crippen molar-refractivity contribution in [3.63, 3.8) is 0 Å². The number of hydrogen-bond acceptors (Lipinski definition) is 5. The maximum absolute atomic E-state index is 12.5. The molecule has 136 valence electrons. The Morgan fingerprint density at radius 1 is 1.42 bits per heavy atom. The summed E-state index contributed by atoms with van der Waals surface area (Å²) in [6.07, 6.45) is 6.78. The number of hydrogen-bond donors (Lipinski definition) is 1. The molecule has 2 aromatic rings. The Balaban J connectivity index is 1.48. The Hall–Kier alpha value is -2.17. The fourth-order valence-electron chi connectivity index (χ4n) is 4.16. The zero-order valence-electron chi connectivity index (χ0n) is 15.0. The van der Waals surface area contributed by atoms with Gasteiger partial charge in [-0.15, -0.1) is 11.3 Å². The number of amides is 1. The minimum Gasteiger partial charge on any atom is -0.334 e. The first-order chi connectivity index (χ1) is 12.7. The number of nitriles is 1. The fourth-order valence-corrected chi connectivity index (χ4v) is 4.91. The van der Waals surface area contributed by atoms with Crippen molar-refractivity contribution in [1.29, 1.82) is 5.26 Å². The predicted molar refractivity (Wildman–Crippen MR) is 101 cm³/mol. The molecule has 26 heavy (non-hydrogen) atoms. The summed E-state index contributed by atoms with van der Waals surface area (Å²) >= 11 is 1.39. The second-order valence-corrected chi connectivity index (χ2v) is 8.00. The molecule has 1 aliphatic carbocycles. The van der Waals surface area contributed by atoms with Crippen molar-refractivity contribution in [3.05, 3.63) is 34.2 Å². The third kappa shape index (κ3) is 3.15. The van der Waals surface area contributed by atoms with E-state index < -0.39 is 0 Å². The standard InChI is InChI=1S/C19H23N5OS/c1-23-15-6-3-2-5-14(15)21-18(23)16-7-4-9-24(16)12-17(25)22-19-13(11-20)8-10-26-19/h8,10,16H,2-7,9,12H2,1H3,(H,22,25). The van der Waals surface area contributed by atoms with Crippen LogP contribution < -0.4 is 5.32 Å². The smallest absolute Gasteiger partial charge is 0.239 e. The highest BCUT2D eigenvalue weighted by molar-refractivity contribution is 7.14. The minimum absolute atomic E-state index is 0.0603. The van der Waals surface area contributed by atoms with Crippen LogP contribution in [0.5, 0.6) is 0 Å². The van der Waals surface area contributed by atoms with Gasteiger partial charge in [0, 0.05) is 12.7 Å². The Morgan fingerprint density at radius 3 is 3.08 bits per heavy atom. The predicted octanol–water partition coefficient (Wildman–Crippen LogP) is 3.01. The molecule has 0 bridgehead atoms. The Bertz CT molecular complexity index is 862. The highest BCUT2D eigenvalue weighted by Gasteiger charge is 2.32. The van der Waals surface area contributed by atoms with Gasteiger partial charge in [0.25, 0.3) is 0 Å². The molecule has 0 saturated carbocycles. The number of nitrogens with one attached hydrogen (secondary N) is 1. The summed E-state index contributed by atoms with van der Waals surface area (Å²) in [5.74, 6) is 1.05. The van der Waals surface area contributed by atoms with Gasteiger partial charge in [0.05, 0.1) is 23.8 Å². The summed E-state index contributed by atoms with van der Waals surface area (Å²) in [5.41, 5.74) is 3.15. The van der Waals surface area contributed by atoms with Crippen LogP contribution in [0, 0.1) is 11.3 Å². The first kappa shape index (κ1) is 17.3. The molecule has 0 spiro atoms. The van der Waals surface area contributed by atoms with Gasteiger partial charge >= 0.3 is 0 Å². The highest BCUT2D eigenvalue weighted by Crippen LogP contribution is 2.33. The third-order valence-electron chi connectivity index (χ3n) is 5.46. The van der Waals surface area contributed by atoms with Gasteiger partial charge in [-0.2, -0.15) is 5.26 Å². The lowest BCUT2D eigenvalue weighted by atomic mass is 10.0. The number of thiophene rings is 1. The second kappa shape index (κ2) is 7.22. The van der Waals surface area contributed by atoms with Gasteiger partial charge in [-0.3, -0.25) is 9.69 Å². The SMILES string of the molecule is Cn1c(C2CCCN2CC(=O)Nc2sccc2C#N)nc2c1CCCC2. The summed E-state index contributed by atoms with van der Waals surface area (Å²) in [6.45, 7) is 1.25. The molecule has 0 radical (unpaired) electrons. The minimum atomic E-state index is -0.0603. The van der Waals surface area contributed by atoms with E-state index in [0.717, 1.165) is 38.1 Å². The number of nitrogens with zero attached hydrogens (tertiary/aromatic N) is 4. The van der Waals surface area contributed by atoms with Crippen molar-refractivity contribution in [2.45, 2.75) is 44.6 Å². The topological polar surface area (TPSA) is 74.0 Å². The maximum atomic E-state index is 12.5. The lowest BCUT2D eigenvalue weighted by Gasteiger charge is -2.23. The van der Waals surface area contributed by atoms with E-state index in [1.165, 1.54) is 35.6 Å². The van der Waals surface area contributed by atoms with Gasteiger partial charge in [0.2, 0.25) is 5.91 Å². The zero-order valence-corrected chi connectivity index (χ0v) is 15.8. The van der Waals surface area contributed by atoms with Crippen molar-refractivity contribution < 1.29 is 4.79 Å². The number of anilines is 1.